The second-order valence-electron chi connectivity index (χ2n) is 5.82. The van der Waals surface area contributed by atoms with E-state index in [4.69, 9.17) is 27.9 Å². The van der Waals surface area contributed by atoms with Crippen LogP contribution in [-0.4, -0.2) is 18.9 Å². The van der Waals surface area contributed by atoms with Gasteiger partial charge in [-0.05, 0) is 60.7 Å². The maximum Gasteiger partial charge on any atom is 0.257 e. The fourth-order valence-corrected chi connectivity index (χ4v) is 2.85. The molecule has 0 bridgehead atoms. The number of carbonyl (C=O) groups excluding carboxylic acids is 2. The Kier molecular flexibility index (Phi) is 6.19. The zero-order chi connectivity index (χ0) is 20.1. The summed E-state index contributed by atoms with van der Waals surface area (Å²) in [6.07, 6.45) is 0. The summed E-state index contributed by atoms with van der Waals surface area (Å²) >= 11 is 12.0. The molecule has 28 heavy (non-hydrogen) atoms. The van der Waals surface area contributed by atoms with Crippen molar-refractivity contribution in [3.05, 3.63) is 87.9 Å². The lowest BCUT2D eigenvalue weighted by Crippen LogP contribution is -2.14. The topological polar surface area (TPSA) is 67.4 Å². The number of carbonyl (C=O) groups is 2. The second-order valence-corrected chi connectivity index (χ2v) is 6.60. The SMILES string of the molecule is COc1ccc(NC(=O)c2ccc(NC(=O)c3cccc(Cl)c3Cl)cc2)cc1. The molecule has 0 aliphatic heterocycles. The van der Waals surface area contributed by atoms with E-state index in [2.05, 4.69) is 10.6 Å². The van der Waals surface area contributed by atoms with Crippen molar-refractivity contribution in [3.63, 3.8) is 0 Å². The predicted octanol–water partition coefficient (Wildman–Crippen LogP) is 5.51. The largest absolute Gasteiger partial charge is 0.497 e. The van der Waals surface area contributed by atoms with Crippen molar-refractivity contribution in [1.29, 1.82) is 0 Å². The number of methoxy groups -OCH3 is 1. The lowest BCUT2D eigenvalue weighted by atomic mass is 10.1. The average Bonchev–Trinajstić information content (AvgIpc) is 2.71. The molecule has 0 unspecified atom stereocenters. The normalized spacial score (nSPS) is 10.2. The fourth-order valence-electron chi connectivity index (χ4n) is 2.46. The Morgan fingerprint density at radius 1 is 0.786 bits per heavy atom. The van der Waals surface area contributed by atoms with Gasteiger partial charge in [0.15, 0.2) is 0 Å². The van der Waals surface area contributed by atoms with Gasteiger partial charge in [-0.25, -0.2) is 0 Å². The van der Waals surface area contributed by atoms with Crippen molar-refractivity contribution in [3.8, 4) is 5.75 Å². The van der Waals surface area contributed by atoms with Gasteiger partial charge in [0.05, 0.1) is 22.7 Å². The van der Waals surface area contributed by atoms with Crippen LogP contribution in [0.25, 0.3) is 0 Å². The second kappa shape index (κ2) is 8.78. The zero-order valence-electron chi connectivity index (χ0n) is 14.8. The van der Waals surface area contributed by atoms with Gasteiger partial charge in [-0.15, -0.1) is 0 Å². The van der Waals surface area contributed by atoms with Crippen LogP contribution in [0.1, 0.15) is 20.7 Å². The molecule has 0 saturated heterocycles. The van der Waals surface area contributed by atoms with Crippen LogP contribution < -0.4 is 15.4 Å². The molecule has 0 radical (unpaired) electrons. The average molecular weight is 415 g/mol. The fraction of sp³-hybridized carbons (Fsp3) is 0.0476. The Morgan fingerprint density at radius 2 is 1.36 bits per heavy atom. The van der Waals surface area contributed by atoms with E-state index in [1.54, 1.807) is 73.8 Å². The highest BCUT2D eigenvalue weighted by molar-refractivity contribution is 6.44. The molecule has 0 atom stereocenters. The minimum Gasteiger partial charge on any atom is -0.497 e. The van der Waals surface area contributed by atoms with E-state index in [-0.39, 0.29) is 22.4 Å². The highest BCUT2D eigenvalue weighted by Crippen LogP contribution is 2.26. The number of hydrogen-bond acceptors (Lipinski definition) is 3. The minimum absolute atomic E-state index is 0.192. The molecular formula is C21H16Cl2N2O3. The number of nitrogens with one attached hydrogen (secondary N) is 2. The number of halogens is 2. The monoisotopic (exact) mass is 414 g/mol. The summed E-state index contributed by atoms with van der Waals surface area (Å²) in [5.74, 6) is 0.0572. The van der Waals surface area contributed by atoms with Crippen LogP contribution >= 0.6 is 23.2 Å². The number of benzene rings is 3. The zero-order valence-corrected chi connectivity index (χ0v) is 16.3. The molecule has 0 heterocycles. The molecule has 2 amide bonds. The Bertz CT molecular complexity index is 1000. The van der Waals surface area contributed by atoms with E-state index in [9.17, 15) is 9.59 Å². The Balaban J connectivity index is 1.66. The number of anilines is 2. The van der Waals surface area contributed by atoms with Crippen molar-refractivity contribution >= 4 is 46.4 Å². The first-order valence-corrected chi connectivity index (χ1v) is 9.04. The lowest BCUT2D eigenvalue weighted by molar-refractivity contribution is 0.102. The standard InChI is InChI=1S/C21H16Cl2N2O3/c1-28-16-11-9-15(10-12-16)24-20(26)13-5-7-14(8-6-13)25-21(27)17-3-2-4-18(22)19(17)23/h2-12H,1H3,(H,24,26)(H,25,27). The summed E-state index contributed by atoms with van der Waals surface area (Å²) in [5.41, 5.74) is 1.91. The van der Waals surface area contributed by atoms with Gasteiger partial charge in [0.2, 0.25) is 0 Å². The van der Waals surface area contributed by atoms with Crippen LogP contribution in [0.15, 0.2) is 66.7 Å². The Hall–Kier alpha value is -3.02. The molecule has 3 aromatic carbocycles. The number of amides is 2. The molecule has 0 aromatic heterocycles. The molecule has 0 saturated carbocycles. The lowest BCUT2D eigenvalue weighted by Gasteiger charge is -2.09. The molecule has 0 spiro atoms. The summed E-state index contributed by atoms with van der Waals surface area (Å²) in [6.45, 7) is 0. The molecule has 0 fully saturated rings. The predicted molar refractivity (Wildman–Crippen MR) is 112 cm³/mol. The van der Waals surface area contributed by atoms with E-state index >= 15 is 0 Å². The van der Waals surface area contributed by atoms with E-state index < -0.39 is 0 Å². The Labute approximate surface area is 172 Å². The summed E-state index contributed by atoms with van der Waals surface area (Å²) in [6, 6.07) is 18.4. The van der Waals surface area contributed by atoms with Crippen LogP contribution in [0.5, 0.6) is 5.75 Å². The van der Waals surface area contributed by atoms with Gasteiger partial charge in [-0.1, -0.05) is 29.3 Å². The first-order valence-electron chi connectivity index (χ1n) is 8.29. The molecule has 3 aromatic rings. The maximum absolute atomic E-state index is 12.4. The first-order chi connectivity index (χ1) is 13.5. The highest BCUT2D eigenvalue weighted by atomic mass is 35.5. The van der Waals surface area contributed by atoms with E-state index in [0.717, 1.165) is 0 Å². The third-order valence-electron chi connectivity index (χ3n) is 3.95. The van der Waals surface area contributed by atoms with Crippen molar-refractivity contribution < 1.29 is 14.3 Å². The van der Waals surface area contributed by atoms with Gasteiger partial charge in [0.1, 0.15) is 5.75 Å². The molecule has 142 valence electrons. The van der Waals surface area contributed by atoms with Gasteiger partial charge >= 0.3 is 0 Å². The van der Waals surface area contributed by atoms with Gasteiger partial charge in [-0.2, -0.15) is 0 Å². The van der Waals surface area contributed by atoms with Crippen LogP contribution in [0.3, 0.4) is 0 Å². The van der Waals surface area contributed by atoms with Crippen molar-refractivity contribution in [1.82, 2.24) is 0 Å². The molecule has 5 nitrogen and oxygen atoms in total. The van der Waals surface area contributed by atoms with Crippen LogP contribution in [0, 0.1) is 0 Å². The van der Waals surface area contributed by atoms with E-state index in [0.29, 0.717) is 27.7 Å². The molecule has 2 N–H and O–H groups in total. The summed E-state index contributed by atoms with van der Waals surface area (Å²) < 4.78 is 5.09. The van der Waals surface area contributed by atoms with Crippen LogP contribution in [0.2, 0.25) is 10.0 Å². The van der Waals surface area contributed by atoms with Gasteiger partial charge in [-0.3, -0.25) is 9.59 Å². The van der Waals surface area contributed by atoms with Gasteiger partial charge in [0, 0.05) is 16.9 Å². The quantitative estimate of drug-likeness (QED) is 0.578. The minimum atomic E-state index is -0.386. The van der Waals surface area contributed by atoms with Crippen LogP contribution in [0.4, 0.5) is 11.4 Å². The van der Waals surface area contributed by atoms with E-state index in [1.807, 2.05) is 0 Å². The third kappa shape index (κ3) is 4.63. The molecular weight excluding hydrogens is 399 g/mol. The summed E-state index contributed by atoms with van der Waals surface area (Å²) in [5, 5.41) is 6.02. The van der Waals surface area contributed by atoms with Gasteiger partial charge < -0.3 is 15.4 Å². The molecule has 0 aliphatic carbocycles. The van der Waals surface area contributed by atoms with Crippen molar-refractivity contribution in [2.24, 2.45) is 0 Å². The molecule has 0 aliphatic rings. The summed E-state index contributed by atoms with van der Waals surface area (Å²) in [7, 11) is 1.58. The van der Waals surface area contributed by atoms with Crippen molar-refractivity contribution in [2.45, 2.75) is 0 Å². The summed E-state index contributed by atoms with van der Waals surface area (Å²) in [4.78, 5) is 24.7. The van der Waals surface area contributed by atoms with E-state index in [1.165, 1.54) is 0 Å². The molecule has 7 heteroatoms. The first kappa shape index (κ1) is 19.7. The third-order valence-corrected chi connectivity index (χ3v) is 4.77. The molecule has 3 rings (SSSR count). The number of hydrogen-bond donors (Lipinski definition) is 2. The highest BCUT2D eigenvalue weighted by Gasteiger charge is 2.13. The van der Waals surface area contributed by atoms with Crippen LogP contribution in [-0.2, 0) is 0 Å². The maximum atomic E-state index is 12.4. The van der Waals surface area contributed by atoms with Crippen molar-refractivity contribution in [2.75, 3.05) is 17.7 Å². The van der Waals surface area contributed by atoms with Gasteiger partial charge in [0.25, 0.3) is 11.8 Å². The smallest absolute Gasteiger partial charge is 0.257 e. The number of rotatable bonds is 5. The Morgan fingerprint density at radius 3 is 1.96 bits per heavy atom. The number of ether oxygens (including phenoxy) is 1.